The van der Waals surface area contributed by atoms with Gasteiger partial charge in [0.1, 0.15) is 0 Å². The second-order valence-electron chi connectivity index (χ2n) is 12.2. The minimum Gasteiger partial charge on any atom is -0.310 e. The summed E-state index contributed by atoms with van der Waals surface area (Å²) in [7, 11) is 0. The second kappa shape index (κ2) is 10.8. The van der Waals surface area contributed by atoms with Crippen molar-refractivity contribution in [1.82, 2.24) is 0 Å². The van der Waals surface area contributed by atoms with E-state index in [1.165, 1.54) is 54.7 Å². The Morgan fingerprint density at radius 2 is 0.667 bits per heavy atom. The average Bonchev–Trinajstić information content (AvgIpc) is 3.04. The van der Waals surface area contributed by atoms with Gasteiger partial charge in [0, 0.05) is 34.1 Å². The Labute approximate surface area is 264 Å². The molecule has 0 amide bonds. The number of rotatable bonds is 6. The molecular formula is C43H34N2. The summed E-state index contributed by atoms with van der Waals surface area (Å²) in [6, 6.07) is 55.4. The van der Waals surface area contributed by atoms with Crippen LogP contribution in [-0.2, 0) is 0 Å². The topological polar surface area (TPSA) is 6.48 Å². The van der Waals surface area contributed by atoms with Crippen molar-refractivity contribution in [3.8, 4) is 0 Å². The lowest BCUT2D eigenvalue weighted by Crippen LogP contribution is -2.11. The Hall–Kier alpha value is -5.60. The summed E-state index contributed by atoms with van der Waals surface area (Å²) < 4.78 is 0. The molecule has 0 N–H and O–H groups in total. The van der Waals surface area contributed by atoms with E-state index in [9.17, 15) is 0 Å². The van der Waals surface area contributed by atoms with Crippen molar-refractivity contribution in [3.63, 3.8) is 0 Å². The summed E-state index contributed by atoms with van der Waals surface area (Å²) in [5.74, 6) is 0. The van der Waals surface area contributed by atoms with Crippen LogP contribution >= 0.6 is 0 Å². The molecule has 0 fully saturated rings. The van der Waals surface area contributed by atoms with Crippen LogP contribution in [0.3, 0.4) is 0 Å². The molecule has 0 unspecified atom stereocenters. The third kappa shape index (κ3) is 4.85. The van der Waals surface area contributed by atoms with Gasteiger partial charge in [0.05, 0.1) is 0 Å². The lowest BCUT2D eigenvalue weighted by molar-refractivity contribution is 1.26. The van der Waals surface area contributed by atoms with Gasteiger partial charge in [-0.2, -0.15) is 0 Å². The number of aryl methyl sites for hydroxylation is 3. The highest BCUT2D eigenvalue weighted by molar-refractivity contribution is 6.24. The molecule has 216 valence electrons. The number of hydrogen-bond acceptors (Lipinski definition) is 2. The number of anilines is 6. The van der Waals surface area contributed by atoms with Gasteiger partial charge in [0.2, 0.25) is 0 Å². The minimum absolute atomic E-state index is 1.15. The van der Waals surface area contributed by atoms with Gasteiger partial charge in [-0.3, -0.25) is 0 Å². The summed E-state index contributed by atoms with van der Waals surface area (Å²) >= 11 is 0. The van der Waals surface area contributed by atoms with E-state index in [2.05, 4.69) is 182 Å². The zero-order chi connectivity index (χ0) is 30.5. The van der Waals surface area contributed by atoms with Gasteiger partial charge < -0.3 is 9.80 Å². The van der Waals surface area contributed by atoms with Crippen molar-refractivity contribution in [2.75, 3.05) is 9.80 Å². The maximum Gasteiger partial charge on any atom is 0.0473 e. The Morgan fingerprint density at radius 1 is 0.289 bits per heavy atom. The molecule has 2 heteroatoms. The molecule has 0 aliphatic carbocycles. The van der Waals surface area contributed by atoms with Crippen molar-refractivity contribution in [2.24, 2.45) is 0 Å². The lowest BCUT2D eigenvalue weighted by Gasteiger charge is -2.28. The number of nitrogens with zero attached hydrogens (tertiary/aromatic N) is 2. The Balaban J connectivity index is 1.32. The second-order valence-corrected chi connectivity index (χ2v) is 12.2. The van der Waals surface area contributed by atoms with Crippen LogP contribution in [-0.4, -0.2) is 0 Å². The van der Waals surface area contributed by atoms with Crippen molar-refractivity contribution in [1.29, 1.82) is 0 Å². The Kier molecular flexibility index (Phi) is 6.50. The van der Waals surface area contributed by atoms with E-state index >= 15 is 0 Å². The molecule has 0 atom stereocenters. The van der Waals surface area contributed by atoms with Gasteiger partial charge in [0.25, 0.3) is 0 Å². The normalized spacial score (nSPS) is 11.4. The van der Waals surface area contributed by atoms with E-state index in [0.717, 1.165) is 28.4 Å². The molecule has 0 saturated carbocycles. The average molecular weight is 579 g/mol. The summed E-state index contributed by atoms with van der Waals surface area (Å²) in [5, 5.41) is 7.62. The van der Waals surface area contributed by atoms with Crippen molar-refractivity contribution in [3.05, 3.63) is 168 Å². The monoisotopic (exact) mass is 578 g/mol. The molecule has 45 heavy (non-hydrogen) atoms. The molecule has 0 aromatic heterocycles. The fourth-order valence-corrected chi connectivity index (χ4v) is 6.96. The van der Waals surface area contributed by atoms with Crippen LogP contribution in [0.1, 0.15) is 16.7 Å². The van der Waals surface area contributed by atoms with Gasteiger partial charge in [-0.15, -0.1) is 0 Å². The van der Waals surface area contributed by atoms with Crippen LogP contribution < -0.4 is 9.80 Å². The fraction of sp³-hybridized carbons (Fsp3) is 0.0698. The largest absolute Gasteiger partial charge is 0.310 e. The van der Waals surface area contributed by atoms with Crippen LogP contribution in [0.4, 0.5) is 34.1 Å². The standard InChI is InChI=1S/C43H34N2/c1-29-11-10-16-38(22-29)44(36-12-6-4-7-13-36)40-25-32-17-19-34-27-41(28-35-20-18-33(26-40)42(32)43(34)35)45(37-14-8-5-9-15-37)39-23-30(2)21-31(3)24-39/h4-28H,1-3H3. The van der Waals surface area contributed by atoms with Gasteiger partial charge >= 0.3 is 0 Å². The van der Waals surface area contributed by atoms with Crippen molar-refractivity contribution >= 4 is 66.4 Å². The molecule has 8 aromatic rings. The summed E-state index contributed by atoms with van der Waals surface area (Å²) in [6.07, 6.45) is 0. The maximum atomic E-state index is 2.38. The first-order valence-electron chi connectivity index (χ1n) is 15.6. The zero-order valence-electron chi connectivity index (χ0n) is 25.8. The summed E-state index contributed by atoms with van der Waals surface area (Å²) in [6.45, 7) is 6.50. The molecule has 0 spiro atoms. The number of hydrogen-bond donors (Lipinski definition) is 0. The van der Waals surface area contributed by atoms with Gasteiger partial charge in [-0.05, 0) is 143 Å². The molecule has 0 aliphatic rings. The van der Waals surface area contributed by atoms with E-state index in [-0.39, 0.29) is 0 Å². The molecule has 0 radical (unpaired) electrons. The van der Waals surface area contributed by atoms with E-state index in [4.69, 9.17) is 0 Å². The molecule has 0 aliphatic heterocycles. The quantitative estimate of drug-likeness (QED) is 0.181. The predicted octanol–water partition coefficient (Wildman–Crippen LogP) is 12.4. The van der Waals surface area contributed by atoms with Crippen LogP contribution in [0.2, 0.25) is 0 Å². The number of para-hydroxylation sites is 2. The van der Waals surface area contributed by atoms with Crippen molar-refractivity contribution in [2.45, 2.75) is 20.8 Å². The van der Waals surface area contributed by atoms with E-state index in [0.29, 0.717) is 0 Å². The predicted molar refractivity (Wildman–Crippen MR) is 194 cm³/mol. The van der Waals surface area contributed by atoms with E-state index < -0.39 is 0 Å². The fourth-order valence-electron chi connectivity index (χ4n) is 6.96. The van der Waals surface area contributed by atoms with Gasteiger partial charge in [0.15, 0.2) is 0 Å². The highest BCUT2D eigenvalue weighted by atomic mass is 15.1. The minimum atomic E-state index is 1.15. The zero-order valence-corrected chi connectivity index (χ0v) is 25.8. The Bertz CT molecular complexity index is 2220. The smallest absolute Gasteiger partial charge is 0.0473 e. The van der Waals surface area contributed by atoms with Crippen LogP contribution in [0, 0.1) is 20.8 Å². The maximum absolute atomic E-state index is 2.38. The molecule has 8 rings (SSSR count). The SMILES string of the molecule is Cc1cccc(N(c2ccccc2)c2cc3ccc4cc(N(c5ccccc5)c5cc(C)cc(C)c5)cc5ccc(c2)c3c45)c1. The van der Waals surface area contributed by atoms with Crippen molar-refractivity contribution < 1.29 is 0 Å². The highest BCUT2D eigenvalue weighted by Crippen LogP contribution is 2.44. The van der Waals surface area contributed by atoms with Crippen LogP contribution in [0.15, 0.2) is 152 Å². The molecule has 0 bridgehead atoms. The van der Waals surface area contributed by atoms with Crippen LogP contribution in [0.25, 0.3) is 32.3 Å². The third-order valence-electron chi connectivity index (χ3n) is 8.77. The molecule has 0 heterocycles. The highest BCUT2D eigenvalue weighted by Gasteiger charge is 2.19. The summed E-state index contributed by atoms with van der Waals surface area (Å²) in [5.41, 5.74) is 10.7. The first kappa shape index (κ1) is 27.0. The van der Waals surface area contributed by atoms with E-state index in [1.54, 1.807) is 0 Å². The van der Waals surface area contributed by atoms with Gasteiger partial charge in [-0.25, -0.2) is 0 Å². The first-order chi connectivity index (χ1) is 22.0. The molecule has 8 aromatic carbocycles. The number of benzene rings is 8. The molecule has 0 saturated heterocycles. The molecule has 2 nitrogen and oxygen atoms in total. The molecular weight excluding hydrogens is 544 g/mol. The summed E-state index contributed by atoms with van der Waals surface area (Å²) in [4.78, 5) is 4.74. The lowest BCUT2D eigenvalue weighted by atomic mass is 9.92. The first-order valence-corrected chi connectivity index (χ1v) is 15.6. The van der Waals surface area contributed by atoms with Gasteiger partial charge in [-0.1, -0.05) is 78.9 Å². The Morgan fingerprint density at radius 3 is 1.11 bits per heavy atom. The third-order valence-corrected chi connectivity index (χ3v) is 8.77. The van der Waals surface area contributed by atoms with E-state index in [1.807, 2.05) is 0 Å². The van der Waals surface area contributed by atoms with Crippen LogP contribution in [0.5, 0.6) is 0 Å².